The average molecular weight is 894 g/mol. The summed E-state index contributed by atoms with van der Waals surface area (Å²) in [5.74, 6) is 0. The second kappa shape index (κ2) is 16.0. The van der Waals surface area contributed by atoms with E-state index in [2.05, 4.69) is 248 Å². The number of nitrogens with zero attached hydrogens (tertiary/aromatic N) is 1. The zero-order valence-electron chi connectivity index (χ0n) is 38.1. The minimum Gasteiger partial charge on any atom is -0.455 e. The zero-order chi connectivity index (χ0) is 46.2. The van der Waals surface area contributed by atoms with E-state index in [1.165, 1.54) is 33.4 Å². The van der Waals surface area contributed by atoms with Crippen LogP contribution in [0.4, 0.5) is 17.1 Å². The van der Waals surface area contributed by atoms with Gasteiger partial charge in [-0.15, -0.1) is 0 Å². The van der Waals surface area contributed by atoms with Crippen molar-refractivity contribution in [2.75, 3.05) is 4.90 Å². The van der Waals surface area contributed by atoms with Crippen molar-refractivity contribution in [3.63, 3.8) is 0 Å². The van der Waals surface area contributed by atoms with Crippen molar-refractivity contribution < 1.29 is 8.83 Å². The summed E-state index contributed by atoms with van der Waals surface area (Å²) in [6, 6.07) is 94.3. The predicted molar refractivity (Wildman–Crippen MR) is 289 cm³/mol. The maximum absolute atomic E-state index is 6.62. The normalized spacial score (nSPS) is 12.7. The Labute approximate surface area is 405 Å². The predicted octanol–water partition coefficient (Wildman–Crippen LogP) is 18.3. The van der Waals surface area contributed by atoms with Gasteiger partial charge >= 0.3 is 0 Å². The number of hydrogen-bond acceptors (Lipinski definition) is 3. The largest absolute Gasteiger partial charge is 0.455 e. The summed E-state index contributed by atoms with van der Waals surface area (Å²) >= 11 is 0. The van der Waals surface area contributed by atoms with Crippen molar-refractivity contribution in [1.29, 1.82) is 0 Å². The summed E-state index contributed by atoms with van der Waals surface area (Å²) in [6.07, 6.45) is 0. The first-order valence-electron chi connectivity index (χ1n) is 24.0. The van der Waals surface area contributed by atoms with Crippen molar-refractivity contribution in [3.05, 3.63) is 283 Å². The summed E-state index contributed by atoms with van der Waals surface area (Å²) in [7, 11) is 0. The summed E-state index contributed by atoms with van der Waals surface area (Å²) < 4.78 is 13.1. The first-order valence-corrected chi connectivity index (χ1v) is 24.0. The topological polar surface area (TPSA) is 29.5 Å². The molecular formula is C67H43NO2. The Morgan fingerprint density at radius 1 is 0.300 bits per heavy atom. The number of rotatable bonds is 8. The van der Waals surface area contributed by atoms with Gasteiger partial charge < -0.3 is 13.7 Å². The fraction of sp³-hybridized carbons (Fsp3) is 0.0149. The minimum atomic E-state index is -0.545. The molecule has 328 valence electrons. The summed E-state index contributed by atoms with van der Waals surface area (Å²) in [5, 5.41) is 4.49. The zero-order valence-corrected chi connectivity index (χ0v) is 38.1. The molecule has 3 heteroatoms. The molecule has 0 saturated carbocycles. The molecule has 1 aliphatic carbocycles. The molecule has 3 nitrogen and oxygen atoms in total. The van der Waals surface area contributed by atoms with Gasteiger partial charge in [-0.3, -0.25) is 0 Å². The molecule has 0 saturated heterocycles. The van der Waals surface area contributed by atoms with Crippen LogP contribution in [0.2, 0.25) is 0 Å². The Morgan fingerprint density at radius 2 is 0.786 bits per heavy atom. The Kier molecular flexibility index (Phi) is 9.11. The molecule has 0 radical (unpaired) electrons. The number of anilines is 3. The Morgan fingerprint density at radius 3 is 1.44 bits per heavy atom. The van der Waals surface area contributed by atoms with Crippen molar-refractivity contribution >= 4 is 60.9 Å². The van der Waals surface area contributed by atoms with Crippen LogP contribution in [0.25, 0.3) is 88.4 Å². The molecule has 11 aromatic carbocycles. The van der Waals surface area contributed by atoms with Crippen molar-refractivity contribution in [1.82, 2.24) is 0 Å². The van der Waals surface area contributed by atoms with Gasteiger partial charge in [0.2, 0.25) is 0 Å². The van der Waals surface area contributed by atoms with Crippen molar-refractivity contribution in [2.45, 2.75) is 5.41 Å². The molecule has 0 fully saturated rings. The van der Waals surface area contributed by atoms with E-state index >= 15 is 0 Å². The quantitative estimate of drug-likeness (QED) is 0.152. The molecule has 70 heavy (non-hydrogen) atoms. The van der Waals surface area contributed by atoms with Crippen LogP contribution in [0.5, 0.6) is 0 Å². The second-order valence-electron chi connectivity index (χ2n) is 18.3. The molecule has 0 atom stereocenters. The van der Waals surface area contributed by atoms with Crippen molar-refractivity contribution in [3.8, 4) is 44.5 Å². The van der Waals surface area contributed by atoms with Gasteiger partial charge in [-0.05, 0) is 98.6 Å². The van der Waals surface area contributed by atoms with E-state index in [1.54, 1.807) is 0 Å². The van der Waals surface area contributed by atoms with Gasteiger partial charge in [0, 0.05) is 49.6 Å². The van der Waals surface area contributed by atoms with E-state index in [0.717, 1.165) is 94.3 Å². The van der Waals surface area contributed by atoms with Crippen molar-refractivity contribution in [2.24, 2.45) is 0 Å². The summed E-state index contributed by atoms with van der Waals surface area (Å²) in [4.78, 5) is 2.45. The number of benzene rings is 11. The summed E-state index contributed by atoms with van der Waals surface area (Å²) in [5.41, 5.74) is 20.3. The van der Waals surface area contributed by atoms with Crippen LogP contribution in [0.3, 0.4) is 0 Å². The molecule has 0 aliphatic heterocycles. The molecule has 14 rings (SSSR count). The van der Waals surface area contributed by atoms with Crippen LogP contribution in [0.1, 0.15) is 22.3 Å². The van der Waals surface area contributed by atoms with E-state index in [0.29, 0.717) is 0 Å². The highest BCUT2D eigenvalue weighted by Gasteiger charge is 2.47. The summed E-state index contributed by atoms with van der Waals surface area (Å²) in [6.45, 7) is 0. The lowest BCUT2D eigenvalue weighted by atomic mass is 9.68. The third-order valence-electron chi connectivity index (χ3n) is 14.6. The molecule has 13 aromatic rings. The monoisotopic (exact) mass is 893 g/mol. The molecule has 0 amide bonds. The fourth-order valence-electron chi connectivity index (χ4n) is 11.5. The van der Waals surface area contributed by atoms with Gasteiger partial charge in [0.1, 0.15) is 22.3 Å². The third-order valence-corrected chi connectivity index (χ3v) is 14.6. The lowest BCUT2D eigenvalue weighted by Gasteiger charge is -2.34. The first-order chi connectivity index (χ1) is 34.7. The van der Waals surface area contributed by atoms with Crippen LogP contribution in [0.15, 0.2) is 270 Å². The maximum atomic E-state index is 6.62. The molecule has 2 aromatic heterocycles. The fourth-order valence-corrected chi connectivity index (χ4v) is 11.5. The van der Waals surface area contributed by atoms with Gasteiger partial charge in [-0.25, -0.2) is 0 Å². The number of fused-ring (bicyclic) bond motifs is 9. The number of para-hydroxylation sites is 4. The highest BCUT2D eigenvalue weighted by Crippen LogP contribution is 2.59. The molecule has 2 heterocycles. The molecule has 0 unspecified atom stereocenters. The Hall–Kier alpha value is -9.18. The van der Waals surface area contributed by atoms with E-state index in [-0.39, 0.29) is 0 Å². The van der Waals surface area contributed by atoms with E-state index in [4.69, 9.17) is 8.83 Å². The molecule has 1 aliphatic rings. The molecule has 0 spiro atoms. The SMILES string of the molecule is c1ccc(C2(c3ccccc3)c3ccccc3-c3c(N(c4ccc(-c5cccc(-c6cccc7c6oc6ccccc67)c5)cc4)c4cccc(-c5cccc6c5oc5ccccc56)c4)cccc32)cc1. The number of furan rings is 2. The highest BCUT2D eigenvalue weighted by atomic mass is 16.3. The van der Waals surface area contributed by atoms with Gasteiger partial charge in [-0.1, -0.05) is 212 Å². The van der Waals surface area contributed by atoms with Crippen LogP contribution in [-0.4, -0.2) is 0 Å². The first kappa shape index (κ1) is 39.9. The van der Waals surface area contributed by atoms with E-state index < -0.39 is 5.41 Å². The third kappa shape index (κ3) is 6.08. The standard InChI is InChI=1S/C67H43NO2/c1-3-21-48(22-4-1)67(49-23-5-2-6-24-49)59-33-10-7-28-58(59)64-60(67)34-17-35-61(64)68(51-25-14-20-47(43-51)53-30-16-32-57-55-27-9-12-37-63(55)70-66(53)57)50-40-38-44(39-41-50)45-18-13-19-46(42-45)52-29-15-31-56-54-26-8-11-36-62(54)69-65(52)56/h1-43H. The van der Waals surface area contributed by atoms with Crippen LogP contribution in [0, 0.1) is 0 Å². The van der Waals surface area contributed by atoms with Crippen LogP contribution >= 0.6 is 0 Å². The molecular weight excluding hydrogens is 851 g/mol. The highest BCUT2D eigenvalue weighted by molar-refractivity contribution is 6.11. The second-order valence-corrected chi connectivity index (χ2v) is 18.3. The van der Waals surface area contributed by atoms with Crippen LogP contribution < -0.4 is 4.90 Å². The Balaban J connectivity index is 0.957. The Bertz CT molecular complexity index is 4090. The molecule has 0 N–H and O–H groups in total. The minimum absolute atomic E-state index is 0.545. The van der Waals surface area contributed by atoms with Gasteiger partial charge in [0.05, 0.1) is 11.1 Å². The van der Waals surface area contributed by atoms with Gasteiger partial charge in [0.15, 0.2) is 0 Å². The average Bonchev–Trinajstić information content (AvgIpc) is 4.11. The van der Waals surface area contributed by atoms with Gasteiger partial charge in [0.25, 0.3) is 0 Å². The number of hydrogen-bond donors (Lipinski definition) is 0. The molecule has 0 bridgehead atoms. The lowest BCUT2D eigenvalue weighted by Crippen LogP contribution is -2.28. The van der Waals surface area contributed by atoms with Crippen LogP contribution in [-0.2, 0) is 5.41 Å². The van der Waals surface area contributed by atoms with E-state index in [1.807, 2.05) is 18.2 Å². The smallest absolute Gasteiger partial charge is 0.143 e. The maximum Gasteiger partial charge on any atom is 0.143 e. The van der Waals surface area contributed by atoms with Gasteiger partial charge in [-0.2, -0.15) is 0 Å². The lowest BCUT2D eigenvalue weighted by molar-refractivity contribution is 0.669. The van der Waals surface area contributed by atoms with E-state index in [9.17, 15) is 0 Å².